The SMILES string of the molecule is CC(=O)NC1CC(N(CC2CCCCC2)CC2CCCCC2)CCC1N=Nc1c(C#N)cnn1C1C(Cl)CC(S(=O)(=O)[O-])CC1Cl.[K+]. The number of hydrogen-bond acceptors (Lipinski definition) is 9. The molecule has 0 aliphatic heterocycles. The van der Waals surface area contributed by atoms with E-state index in [-0.39, 0.29) is 93.6 Å². The molecule has 4 aliphatic rings. The summed E-state index contributed by atoms with van der Waals surface area (Å²) in [6.45, 7) is 3.78. The molecule has 5 rings (SSSR count). The van der Waals surface area contributed by atoms with Crippen LogP contribution in [0, 0.1) is 23.2 Å². The predicted octanol–water partition coefficient (Wildman–Crippen LogP) is 3.19. The number of aromatic nitrogens is 2. The zero-order valence-corrected chi connectivity index (χ0v) is 33.2. The number of alkyl halides is 2. The van der Waals surface area contributed by atoms with Crippen LogP contribution >= 0.6 is 23.2 Å². The molecule has 0 radical (unpaired) electrons. The van der Waals surface area contributed by atoms with Gasteiger partial charge in [0, 0.05) is 26.1 Å². The number of amides is 1. The Morgan fingerprint density at radius 2 is 1.60 bits per heavy atom. The molecule has 11 nitrogen and oxygen atoms in total. The molecule has 0 saturated heterocycles. The number of nitrogens with zero attached hydrogens (tertiary/aromatic N) is 6. The van der Waals surface area contributed by atoms with E-state index in [9.17, 15) is 23.0 Å². The standard InChI is InChI=1S/C32H49Cl2N7O4S.K/c1-21(42)37-30-14-25(40(19-22-8-4-2-5-9-22)20-23-10-6-3-7-11-23)12-13-29(30)38-39-32-24(17-35)18-36-41(32)31-27(33)15-26(16-28(31)34)46(43,44)45;/h18,22-23,25-31H,2-16,19-20H2,1H3,(H,37,42)(H,43,44,45);/q;+1/p-1. The van der Waals surface area contributed by atoms with Crippen molar-refractivity contribution in [2.45, 2.75) is 143 Å². The van der Waals surface area contributed by atoms with Gasteiger partial charge in [-0.3, -0.25) is 9.69 Å². The molecule has 4 fully saturated rings. The van der Waals surface area contributed by atoms with E-state index in [1.165, 1.54) is 82.0 Å². The summed E-state index contributed by atoms with van der Waals surface area (Å²) in [5.41, 5.74) is 0.186. The van der Waals surface area contributed by atoms with Gasteiger partial charge >= 0.3 is 51.4 Å². The van der Waals surface area contributed by atoms with Gasteiger partial charge in [0.2, 0.25) is 5.91 Å². The smallest absolute Gasteiger partial charge is 0.748 e. The van der Waals surface area contributed by atoms with E-state index in [0.29, 0.717) is 6.04 Å². The monoisotopic (exact) mass is 735 g/mol. The number of rotatable bonds is 10. The Labute approximate surface area is 332 Å². The van der Waals surface area contributed by atoms with Gasteiger partial charge in [0.1, 0.15) is 11.6 Å². The summed E-state index contributed by atoms with van der Waals surface area (Å²) < 4.78 is 36.5. The molecule has 4 saturated carbocycles. The van der Waals surface area contributed by atoms with Crippen LogP contribution in [0.5, 0.6) is 0 Å². The topological polar surface area (TPSA) is 156 Å². The van der Waals surface area contributed by atoms with Crippen molar-refractivity contribution >= 4 is 45.0 Å². The molecule has 256 valence electrons. The first-order valence-electron chi connectivity index (χ1n) is 17.2. The fourth-order valence-corrected chi connectivity index (χ4v) is 10.5. The molecular formula is C32H48Cl2KN7O4S. The van der Waals surface area contributed by atoms with Crippen molar-refractivity contribution in [1.29, 1.82) is 5.26 Å². The van der Waals surface area contributed by atoms with E-state index in [1.807, 2.05) is 0 Å². The van der Waals surface area contributed by atoms with Crippen LogP contribution < -0.4 is 56.7 Å². The number of halogens is 2. The maximum atomic E-state index is 12.4. The van der Waals surface area contributed by atoms with Crippen LogP contribution in [0.4, 0.5) is 5.82 Å². The second kappa shape index (κ2) is 18.4. The average molecular weight is 737 g/mol. The first kappa shape index (κ1) is 39.6. The molecular weight excluding hydrogens is 688 g/mol. The summed E-state index contributed by atoms with van der Waals surface area (Å²) in [5.74, 6) is 1.55. The quantitative estimate of drug-likeness (QED) is 0.168. The molecule has 5 atom stereocenters. The molecule has 0 bridgehead atoms. The summed E-state index contributed by atoms with van der Waals surface area (Å²) in [6, 6.07) is 1.27. The minimum Gasteiger partial charge on any atom is -0.748 e. The summed E-state index contributed by atoms with van der Waals surface area (Å²) >= 11 is 13.2. The molecule has 0 spiro atoms. The largest absolute Gasteiger partial charge is 1.00 e. The number of azo groups is 1. The minimum atomic E-state index is -4.56. The van der Waals surface area contributed by atoms with E-state index in [0.717, 1.165) is 44.2 Å². The van der Waals surface area contributed by atoms with Crippen LogP contribution in [0.1, 0.15) is 115 Å². The normalized spacial score (nSPS) is 31.4. The van der Waals surface area contributed by atoms with Crippen molar-refractivity contribution in [1.82, 2.24) is 20.0 Å². The Morgan fingerprint density at radius 1 is 1.02 bits per heavy atom. The molecule has 1 aromatic heterocycles. The second-order valence-corrected chi connectivity index (χ2v) is 16.8. The number of nitrogens with one attached hydrogen (secondary N) is 1. The van der Waals surface area contributed by atoms with Crippen molar-refractivity contribution in [3.63, 3.8) is 0 Å². The van der Waals surface area contributed by atoms with Crippen LogP contribution in [-0.2, 0) is 14.9 Å². The van der Waals surface area contributed by atoms with Gasteiger partial charge in [0.25, 0.3) is 0 Å². The zero-order chi connectivity index (χ0) is 32.8. The predicted molar refractivity (Wildman–Crippen MR) is 176 cm³/mol. The molecule has 15 heteroatoms. The third-order valence-electron chi connectivity index (χ3n) is 10.7. The van der Waals surface area contributed by atoms with Crippen molar-refractivity contribution in [3.05, 3.63) is 11.8 Å². The van der Waals surface area contributed by atoms with Crippen LogP contribution in [0.3, 0.4) is 0 Å². The van der Waals surface area contributed by atoms with Crippen LogP contribution in [0.2, 0.25) is 0 Å². The number of hydrogen-bond donors (Lipinski definition) is 1. The third-order valence-corrected chi connectivity index (χ3v) is 12.8. The van der Waals surface area contributed by atoms with E-state index in [2.05, 4.69) is 26.5 Å². The Morgan fingerprint density at radius 3 is 2.11 bits per heavy atom. The maximum absolute atomic E-state index is 12.4. The second-order valence-electron chi connectivity index (χ2n) is 14.1. The third kappa shape index (κ3) is 10.7. The van der Waals surface area contributed by atoms with E-state index < -0.39 is 32.2 Å². The number of carbonyl (C=O) groups is 1. The zero-order valence-electron chi connectivity index (χ0n) is 27.8. The average Bonchev–Trinajstić information content (AvgIpc) is 3.42. The van der Waals surface area contributed by atoms with E-state index in [1.54, 1.807) is 0 Å². The molecule has 1 aromatic rings. The van der Waals surface area contributed by atoms with E-state index >= 15 is 0 Å². The van der Waals surface area contributed by atoms with Crippen molar-refractivity contribution in [3.8, 4) is 6.07 Å². The van der Waals surface area contributed by atoms with E-state index in [4.69, 9.17) is 28.3 Å². The van der Waals surface area contributed by atoms with Gasteiger partial charge in [-0.2, -0.15) is 15.5 Å². The van der Waals surface area contributed by atoms with Gasteiger partial charge in [-0.05, 0) is 69.6 Å². The maximum Gasteiger partial charge on any atom is 1.00 e. The van der Waals surface area contributed by atoms with Gasteiger partial charge in [-0.25, -0.2) is 13.1 Å². The molecule has 1 amide bonds. The van der Waals surface area contributed by atoms with Gasteiger partial charge in [-0.1, -0.05) is 38.5 Å². The first-order chi connectivity index (χ1) is 22.0. The number of nitriles is 1. The molecule has 0 aromatic carbocycles. The summed E-state index contributed by atoms with van der Waals surface area (Å²) in [5, 5.41) is 23.7. The van der Waals surface area contributed by atoms with Crippen LogP contribution in [0.15, 0.2) is 16.4 Å². The summed E-state index contributed by atoms with van der Waals surface area (Å²) in [4.78, 5) is 15.1. The van der Waals surface area contributed by atoms with Gasteiger partial charge in [0.15, 0.2) is 5.82 Å². The summed E-state index contributed by atoms with van der Waals surface area (Å²) in [6.07, 6.45) is 16.8. The molecule has 47 heavy (non-hydrogen) atoms. The molecule has 5 unspecified atom stereocenters. The molecule has 1 heterocycles. The Kier molecular flexibility index (Phi) is 15.5. The Hall–Kier alpha value is -0.144. The number of carbonyl (C=O) groups excluding carboxylic acids is 1. The van der Waals surface area contributed by atoms with Gasteiger partial charge in [-0.15, -0.1) is 28.3 Å². The first-order valence-corrected chi connectivity index (χ1v) is 19.5. The van der Waals surface area contributed by atoms with Crippen LogP contribution in [0.25, 0.3) is 0 Å². The van der Waals surface area contributed by atoms with Gasteiger partial charge < -0.3 is 9.87 Å². The van der Waals surface area contributed by atoms with Crippen molar-refractivity contribution in [2.24, 2.45) is 22.1 Å². The van der Waals surface area contributed by atoms with Crippen molar-refractivity contribution in [2.75, 3.05) is 13.1 Å². The molecule has 1 N–H and O–H groups in total. The minimum absolute atomic E-state index is 0. The fraction of sp³-hybridized carbons (Fsp3) is 0.844. The van der Waals surface area contributed by atoms with Crippen molar-refractivity contribution < 1.29 is 69.1 Å². The van der Waals surface area contributed by atoms with Gasteiger partial charge in [0.05, 0.1) is 50.4 Å². The Bertz CT molecular complexity index is 1330. The fourth-order valence-electron chi connectivity index (χ4n) is 8.32. The summed E-state index contributed by atoms with van der Waals surface area (Å²) in [7, 11) is -4.56. The Balaban J connectivity index is 0.00000500. The van der Waals surface area contributed by atoms with Crippen LogP contribution in [-0.4, -0.2) is 80.8 Å². The molecule has 4 aliphatic carbocycles.